The van der Waals surface area contributed by atoms with Gasteiger partial charge in [-0.3, -0.25) is 4.98 Å². The number of pyridine rings is 1. The highest BCUT2D eigenvalue weighted by molar-refractivity contribution is 9.10. The summed E-state index contributed by atoms with van der Waals surface area (Å²) in [4.78, 5) is 4.42. The number of halogens is 2. The van der Waals surface area contributed by atoms with Crippen LogP contribution in [0.1, 0.15) is 11.3 Å². The summed E-state index contributed by atoms with van der Waals surface area (Å²) in [5.74, 6) is 0. The van der Waals surface area contributed by atoms with Crippen molar-refractivity contribution < 1.29 is 0 Å². The Morgan fingerprint density at radius 3 is 2.71 bits per heavy atom. The van der Waals surface area contributed by atoms with E-state index in [0.29, 0.717) is 5.02 Å². The van der Waals surface area contributed by atoms with E-state index in [0.717, 1.165) is 21.1 Å². The van der Waals surface area contributed by atoms with Gasteiger partial charge in [0, 0.05) is 9.86 Å². The van der Waals surface area contributed by atoms with Crippen LogP contribution in [0.25, 0.3) is 10.9 Å². The topological polar surface area (TPSA) is 12.9 Å². The lowest BCUT2D eigenvalue weighted by atomic mass is 10.1. The Hall–Kier alpha value is -0.600. The molecule has 0 radical (unpaired) electrons. The maximum absolute atomic E-state index is 6.10. The van der Waals surface area contributed by atoms with E-state index in [1.807, 2.05) is 13.0 Å². The Morgan fingerprint density at radius 2 is 2.00 bits per heavy atom. The molecular weight excluding hydrogens is 261 g/mol. The number of aromatic nitrogens is 1. The fourth-order valence-electron chi connectivity index (χ4n) is 1.43. The Bertz CT molecular complexity index is 508. The van der Waals surface area contributed by atoms with Gasteiger partial charge in [0.05, 0.1) is 16.2 Å². The van der Waals surface area contributed by atoms with Crippen LogP contribution in [0.15, 0.2) is 22.7 Å². The second kappa shape index (κ2) is 3.52. The normalized spacial score (nSPS) is 10.9. The molecular formula is C11H9BrClN. The van der Waals surface area contributed by atoms with Crippen LogP contribution in [0.2, 0.25) is 5.02 Å². The largest absolute Gasteiger partial charge is 0.251 e. The minimum Gasteiger partial charge on any atom is -0.251 e. The molecule has 0 fully saturated rings. The molecule has 2 rings (SSSR count). The lowest BCUT2D eigenvalue weighted by Crippen LogP contribution is -1.88. The van der Waals surface area contributed by atoms with Gasteiger partial charge in [0.2, 0.25) is 0 Å². The highest BCUT2D eigenvalue weighted by Crippen LogP contribution is 2.32. The van der Waals surface area contributed by atoms with Crippen LogP contribution in [0.4, 0.5) is 0 Å². The molecule has 0 bridgehead atoms. The van der Waals surface area contributed by atoms with Crippen LogP contribution in [-0.4, -0.2) is 4.98 Å². The molecule has 14 heavy (non-hydrogen) atoms. The molecule has 0 aliphatic heterocycles. The van der Waals surface area contributed by atoms with Crippen LogP contribution in [-0.2, 0) is 0 Å². The van der Waals surface area contributed by atoms with Gasteiger partial charge in [-0.25, -0.2) is 0 Å². The Labute approximate surface area is 96.2 Å². The Balaban J connectivity index is 2.92. The third kappa shape index (κ3) is 1.53. The number of hydrogen-bond acceptors (Lipinski definition) is 1. The summed E-state index contributed by atoms with van der Waals surface area (Å²) in [5.41, 5.74) is 3.04. The minimum atomic E-state index is 0.697. The Morgan fingerprint density at radius 1 is 1.29 bits per heavy atom. The van der Waals surface area contributed by atoms with E-state index in [-0.39, 0.29) is 0 Å². The van der Waals surface area contributed by atoms with Crippen LogP contribution in [0.3, 0.4) is 0 Å². The van der Waals surface area contributed by atoms with Gasteiger partial charge in [-0.05, 0) is 41.9 Å². The summed E-state index contributed by atoms with van der Waals surface area (Å²) >= 11 is 9.59. The van der Waals surface area contributed by atoms with Gasteiger partial charge in [-0.2, -0.15) is 0 Å². The second-order valence-electron chi connectivity index (χ2n) is 3.35. The zero-order valence-corrected chi connectivity index (χ0v) is 10.3. The van der Waals surface area contributed by atoms with Gasteiger partial charge in [-0.1, -0.05) is 23.2 Å². The molecule has 1 heterocycles. The van der Waals surface area contributed by atoms with Crippen molar-refractivity contribution in [3.63, 3.8) is 0 Å². The maximum Gasteiger partial charge on any atom is 0.0767 e. The van der Waals surface area contributed by atoms with E-state index in [1.54, 1.807) is 0 Å². The number of rotatable bonds is 0. The molecule has 0 unspecified atom stereocenters. The van der Waals surface area contributed by atoms with Gasteiger partial charge in [0.1, 0.15) is 0 Å². The molecule has 0 aliphatic rings. The summed E-state index contributed by atoms with van der Waals surface area (Å²) in [5, 5.41) is 1.77. The van der Waals surface area contributed by atoms with Crippen molar-refractivity contribution in [2.75, 3.05) is 0 Å². The smallest absolute Gasteiger partial charge is 0.0767 e. The van der Waals surface area contributed by atoms with Crippen molar-refractivity contribution >= 4 is 38.4 Å². The van der Waals surface area contributed by atoms with Crippen LogP contribution >= 0.6 is 27.5 Å². The lowest BCUT2D eigenvalue weighted by molar-refractivity contribution is 1.24. The van der Waals surface area contributed by atoms with E-state index in [4.69, 9.17) is 11.6 Å². The van der Waals surface area contributed by atoms with Crippen molar-refractivity contribution in [3.05, 3.63) is 39.0 Å². The summed E-state index contributed by atoms with van der Waals surface area (Å²) in [6.07, 6.45) is 0. The van der Waals surface area contributed by atoms with E-state index >= 15 is 0 Å². The van der Waals surface area contributed by atoms with Crippen LogP contribution in [0.5, 0.6) is 0 Å². The number of hydrogen-bond donors (Lipinski definition) is 0. The molecule has 72 valence electrons. The summed E-state index contributed by atoms with van der Waals surface area (Å²) in [7, 11) is 0. The molecule has 2 aromatic rings. The van der Waals surface area contributed by atoms with E-state index < -0.39 is 0 Å². The first-order valence-electron chi connectivity index (χ1n) is 4.31. The van der Waals surface area contributed by atoms with E-state index in [9.17, 15) is 0 Å². The first-order valence-corrected chi connectivity index (χ1v) is 5.48. The maximum atomic E-state index is 6.10. The minimum absolute atomic E-state index is 0.697. The predicted octanol–water partition coefficient (Wildman–Crippen LogP) is 4.27. The van der Waals surface area contributed by atoms with Crippen molar-refractivity contribution in [1.29, 1.82) is 0 Å². The monoisotopic (exact) mass is 269 g/mol. The van der Waals surface area contributed by atoms with Crippen LogP contribution < -0.4 is 0 Å². The molecule has 0 N–H and O–H groups in total. The summed E-state index contributed by atoms with van der Waals surface area (Å²) in [6.45, 7) is 3.96. The third-order valence-electron chi connectivity index (χ3n) is 2.19. The zero-order chi connectivity index (χ0) is 10.3. The van der Waals surface area contributed by atoms with Gasteiger partial charge >= 0.3 is 0 Å². The second-order valence-corrected chi connectivity index (χ2v) is 4.52. The Kier molecular flexibility index (Phi) is 2.50. The predicted molar refractivity (Wildman–Crippen MR) is 63.9 cm³/mol. The molecule has 0 saturated heterocycles. The van der Waals surface area contributed by atoms with Crippen molar-refractivity contribution in [1.82, 2.24) is 4.98 Å². The average molecular weight is 271 g/mol. The third-order valence-corrected chi connectivity index (χ3v) is 3.70. The molecule has 0 saturated carbocycles. The zero-order valence-electron chi connectivity index (χ0n) is 7.94. The summed E-state index contributed by atoms with van der Waals surface area (Å²) < 4.78 is 0.936. The summed E-state index contributed by atoms with van der Waals surface area (Å²) in [6, 6.07) is 6.14. The fraction of sp³-hybridized carbons (Fsp3) is 0.182. The van der Waals surface area contributed by atoms with E-state index in [2.05, 4.69) is 40.0 Å². The molecule has 0 atom stereocenters. The fourth-order valence-corrected chi connectivity index (χ4v) is 2.18. The molecule has 0 spiro atoms. The lowest BCUT2D eigenvalue weighted by Gasteiger charge is -2.06. The highest BCUT2D eigenvalue weighted by atomic mass is 79.9. The van der Waals surface area contributed by atoms with Crippen molar-refractivity contribution in [2.24, 2.45) is 0 Å². The van der Waals surface area contributed by atoms with Gasteiger partial charge in [-0.15, -0.1) is 0 Å². The number of benzene rings is 1. The SMILES string of the molecule is Cc1ccc2nc(C)c(Cl)c(Br)c2c1. The van der Waals surface area contributed by atoms with Crippen LogP contribution in [0, 0.1) is 13.8 Å². The van der Waals surface area contributed by atoms with Crippen molar-refractivity contribution in [3.8, 4) is 0 Å². The first kappa shape index (κ1) is 9.94. The molecule has 1 aromatic heterocycles. The number of nitrogens with zero attached hydrogens (tertiary/aromatic N) is 1. The van der Waals surface area contributed by atoms with Gasteiger partial charge in [0.15, 0.2) is 0 Å². The number of aryl methyl sites for hydroxylation is 2. The molecule has 0 aliphatic carbocycles. The molecule has 1 nitrogen and oxygen atoms in total. The standard InChI is InChI=1S/C11H9BrClN/c1-6-3-4-9-8(5-6)10(12)11(13)7(2)14-9/h3-5H,1-2H3. The molecule has 3 heteroatoms. The first-order chi connectivity index (χ1) is 6.59. The molecule has 0 amide bonds. The van der Waals surface area contributed by atoms with Crippen molar-refractivity contribution in [2.45, 2.75) is 13.8 Å². The highest BCUT2D eigenvalue weighted by Gasteiger charge is 2.07. The molecule has 1 aromatic carbocycles. The quantitative estimate of drug-likeness (QED) is 0.697. The van der Waals surface area contributed by atoms with Gasteiger partial charge < -0.3 is 0 Å². The van der Waals surface area contributed by atoms with E-state index in [1.165, 1.54) is 5.56 Å². The van der Waals surface area contributed by atoms with Gasteiger partial charge in [0.25, 0.3) is 0 Å². The number of fused-ring (bicyclic) bond motifs is 1. The average Bonchev–Trinajstić information content (AvgIpc) is 2.16.